The highest BCUT2D eigenvalue weighted by Crippen LogP contribution is 2.13. The van der Waals surface area contributed by atoms with Crippen LogP contribution in [0, 0.1) is 0 Å². The summed E-state index contributed by atoms with van der Waals surface area (Å²) < 4.78 is 5.01. The van der Waals surface area contributed by atoms with Crippen molar-refractivity contribution in [3.05, 3.63) is 29.8 Å². The number of ether oxygens (including phenoxy) is 1. The van der Waals surface area contributed by atoms with Crippen molar-refractivity contribution in [1.82, 2.24) is 9.80 Å². The lowest BCUT2D eigenvalue weighted by atomic mass is 10.1. The molecule has 6 nitrogen and oxygen atoms in total. The smallest absolute Gasteiger partial charge is 0.241 e. The van der Waals surface area contributed by atoms with Crippen LogP contribution in [0.4, 0.5) is 5.69 Å². The van der Waals surface area contributed by atoms with Gasteiger partial charge in [-0.15, -0.1) is 12.4 Å². The first-order valence-electron chi connectivity index (χ1n) is 7.26. The molecule has 23 heavy (non-hydrogen) atoms. The molecule has 0 fully saturated rings. The molecule has 2 amide bonds. The number of halogens is 1. The Morgan fingerprint density at radius 1 is 1.17 bits per heavy atom. The normalized spacial score (nSPS) is 9.87. The number of nitrogens with two attached hydrogens (primary N) is 1. The molecule has 0 saturated heterocycles. The summed E-state index contributed by atoms with van der Waals surface area (Å²) in [4.78, 5) is 27.2. The highest BCUT2D eigenvalue weighted by Gasteiger charge is 2.18. The topological polar surface area (TPSA) is 75.9 Å². The number of carbonyl (C=O) groups is 2. The van der Waals surface area contributed by atoms with Gasteiger partial charge in [-0.05, 0) is 18.1 Å². The molecule has 0 aliphatic heterocycles. The number of rotatable bonds is 8. The van der Waals surface area contributed by atoms with Crippen molar-refractivity contribution < 1.29 is 14.3 Å². The largest absolute Gasteiger partial charge is 0.399 e. The zero-order chi connectivity index (χ0) is 16.5. The lowest BCUT2D eigenvalue weighted by Crippen LogP contribution is -2.42. The molecule has 0 spiro atoms. The maximum absolute atomic E-state index is 12.4. The number of benzene rings is 1. The van der Waals surface area contributed by atoms with Gasteiger partial charge in [-0.1, -0.05) is 18.2 Å². The Balaban J connectivity index is 0.00000484. The van der Waals surface area contributed by atoms with Gasteiger partial charge in [0.2, 0.25) is 11.8 Å². The SMILES string of the molecule is COCCN(CC(=O)N(C)C)C(=O)CCc1ccccc1N.Cl. The maximum Gasteiger partial charge on any atom is 0.241 e. The lowest BCUT2D eigenvalue weighted by molar-refractivity contribution is -0.139. The van der Waals surface area contributed by atoms with E-state index in [4.69, 9.17) is 10.5 Å². The Kier molecular flexibility index (Phi) is 10.0. The summed E-state index contributed by atoms with van der Waals surface area (Å²) in [5, 5.41) is 0. The number of carbonyl (C=O) groups excluding carboxylic acids is 2. The molecule has 0 radical (unpaired) electrons. The molecule has 0 aliphatic rings. The molecule has 7 heteroatoms. The molecule has 2 N–H and O–H groups in total. The van der Waals surface area contributed by atoms with Crippen LogP contribution < -0.4 is 5.73 Å². The molecule has 0 unspecified atom stereocenters. The molecule has 0 aromatic heterocycles. The average Bonchev–Trinajstić information content (AvgIpc) is 2.49. The maximum atomic E-state index is 12.4. The van der Waals surface area contributed by atoms with Gasteiger partial charge in [0.05, 0.1) is 13.2 Å². The quantitative estimate of drug-likeness (QED) is 0.719. The highest BCUT2D eigenvalue weighted by molar-refractivity contribution is 5.85. The van der Waals surface area contributed by atoms with E-state index in [0.29, 0.717) is 31.7 Å². The van der Waals surface area contributed by atoms with Gasteiger partial charge in [0.25, 0.3) is 0 Å². The number of nitrogens with zero attached hydrogens (tertiary/aromatic N) is 2. The number of hydrogen-bond donors (Lipinski definition) is 1. The monoisotopic (exact) mass is 343 g/mol. The molecule has 1 aromatic carbocycles. The van der Waals surface area contributed by atoms with Crippen LogP contribution >= 0.6 is 12.4 Å². The summed E-state index contributed by atoms with van der Waals surface area (Å²) in [6.45, 7) is 0.874. The van der Waals surface area contributed by atoms with E-state index >= 15 is 0 Å². The third-order valence-corrected chi connectivity index (χ3v) is 3.41. The van der Waals surface area contributed by atoms with Crippen molar-refractivity contribution in [2.24, 2.45) is 0 Å². The Hall–Kier alpha value is -1.79. The lowest BCUT2D eigenvalue weighted by Gasteiger charge is -2.23. The fraction of sp³-hybridized carbons (Fsp3) is 0.500. The fourth-order valence-corrected chi connectivity index (χ4v) is 1.96. The van der Waals surface area contributed by atoms with Gasteiger partial charge < -0.3 is 20.3 Å². The Morgan fingerprint density at radius 2 is 1.83 bits per heavy atom. The number of anilines is 1. The molecular formula is C16H26ClN3O3. The molecule has 1 rings (SSSR count). The standard InChI is InChI=1S/C16H25N3O3.ClH/c1-18(2)16(21)12-19(10-11-22-3)15(20)9-8-13-6-4-5-7-14(13)17;/h4-7H,8-12,17H2,1-3H3;1H. The second-order valence-electron chi connectivity index (χ2n) is 5.30. The minimum Gasteiger partial charge on any atom is -0.399 e. The fourth-order valence-electron chi connectivity index (χ4n) is 1.96. The second kappa shape index (κ2) is 10.9. The van der Waals surface area contributed by atoms with E-state index in [0.717, 1.165) is 5.56 Å². The van der Waals surface area contributed by atoms with Crippen LogP contribution in [0.15, 0.2) is 24.3 Å². The zero-order valence-electron chi connectivity index (χ0n) is 13.9. The number of nitrogen functional groups attached to an aromatic ring is 1. The first-order valence-corrected chi connectivity index (χ1v) is 7.26. The van der Waals surface area contributed by atoms with Gasteiger partial charge in [-0.3, -0.25) is 9.59 Å². The molecule has 0 atom stereocenters. The van der Waals surface area contributed by atoms with Gasteiger partial charge in [0.15, 0.2) is 0 Å². The van der Waals surface area contributed by atoms with Crippen molar-refractivity contribution in [2.75, 3.05) is 46.6 Å². The predicted molar refractivity (Wildman–Crippen MR) is 93.6 cm³/mol. The van der Waals surface area contributed by atoms with Crippen molar-refractivity contribution in [3.63, 3.8) is 0 Å². The molecule has 0 heterocycles. The van der Waals surface area contributed by atoms with Crippen LogP contribution in [0.3, 0.4) is 0 Å². The Labute approximate surface area is 144 Å². The van der Waals surface area contributed by atoms with Crippen LogP contribution in [0.5, 0.6) is 0 Å². The minimum absolute atomic E-state index is 0. The van der Waals surface area contributed by atoms with Crippen LogP contribution in [-0.2, 0) is 20.7 Å². The van der Waals surface area contributed by atoms with E-state index in [2.05, 4.69) is 0 Å². The van der Waals surface area contributed by atoms with Gasteiger partial charge in [0.1, 0.15) is 0 Å². The Morgan fingerprint density at radius 3 is 2.39 bits per heavy atom. The number of methoxy groups -OCH3 is 1. The van der Waals surface area contributed by atoms with Crippen LogP contribution in [-0.4, -0.2) is 62.5 Å². The van der Waals surface area contributed by atoms with Gasteiger partial charge in [-0.2, -0.15) is 0 Å². The number of hydrogen-bond acceptors (Lipinski definition) is 4. The van der Waals surface area contributed by atoms with E-state index in [-0.39, 0.29) is 30.8 Å². The summed E-state index contributed by atoms with van der Waals surface area (Å²) in [7, 11) is 4.92. The number of amides is 2. The summed E-state index contributed by atoms with van der Waals surface area (Å²) in [6.07, 6.45) is 0.879. The summed E-state index contributed by atoms with van der Waals surface area (Å²) in [6, 6.07) is 7.49. The zero-order valence-corrected chi connectivity index (χ0v) is 14.8. The number of para-hydroxylation sites is 1. The van der Waals surface area contributed by atoms with Crippen LogP contribution in [0.1, 0.15) is 12.0 Å². The van der Waals surface area contributed by atoms with Gasteiger partial charge in [0, 0.05) is 39.9 Å². The molecule has 0 saturated carbocycles. The van der Waals surface area contributed by atoms with E-state index < -0.39 is 0 Å². The average molecular weight is 344 g/mol. The third kappa shape index (κ3) is 7.34. The molecule has 1 aromatic rings. The van der Waals surface area contributed by atoms with Crippen molar-refractivity contribution in [3.8, 4) is 0 Å². The first kappa shape index (κ1) is 21.2. The van der Waals surface area contributed by atoms with E-state index in [1.807, 2.05) is 24.3 Å². The summed E-state index contributed by atoms with van der Waals surface area (Å²) >= 11 is 0. The van der Waals surface area contributed by atoms with Crippen LogP contribution in [0.2, 0.25) is 0 Å². The molecule has 0 aliphatic carbocycles. The van der Waals surface area contributed by atoms with Crippen LogP contribution in [0.25, 0.3) is 0 Å². The van der Waals surface area contributed by atoms with Crippen molar-refractivity contribution in [1.29, 1.82) is 0 Å². The molecule has 130 valence electrons. The van der Waals surface area contributed by atoms with E-state index in [9.17, 15) is 9.59 Å². The molecule has 0 bridgehead atoms. The summed E-state index contributed by atoms with van der Waals surface area (Å²) in [5.41, 5.74) is 7.51. The number of likely N-dealkylation sites (N-methyl/N-ethyl adjacent to an activating group) is 1. The van der Waals surface area contributed by atoms with E-state index in [1.165, 1.54) is 9.80 Å². The third-order valence-electron chi connectivity index (χ3n) is 3.41. The second-order valence-corrected chi connectivity index (χ2v) is 5.30. The Bertz CT molecular complexity index is 509. The van der Waals surface area contributed by atoms with Gasteiger partial charge in [-0.25, -0.2) is 0 Å². The highest BCUT2D eigenvalue weighted by atomic mass is 35.5. The van der Waals surface area contributed by atoms with Crippen molar-refractivity contribution in [2.45, 2.75) is 12.8 Å². The predicted octanol–water partition coefficient (Wildman–Crippen LogP) is 1.19. The molecular weight excluding hydrogens is 318 g/mol. The van der Waals surface area contributed by atoms with Crippen molar-refractivity contribution >= 4 is 29.9 Å². The minimum atomic E-state index is -0.108. The first-order chi connectivity index (χ1) is 10.5. The summed E-state index contributed by atoms with van der Waals surface area (Å²) in [5.74, 6) is -0.181. The number of aryl methyl sites for hydroxylation is 1. The van der Waals surface area contributed by atoms with E-state index in [1.54, 1.807) is 21.2 Å². The van der Waals surface area contributed by atoms with Gasteiger partial charge >= 0.3 is 0 Å².